The summed E-state index contributed by atoms with van der Waals surface area (Å²) in [5.74, 6) is -3.98. The average Bonchev–Trinajstić information content (AvgIpc) is 2.57. The molecule has 9 heteroatoms. The highest BCUT2D eigenvalue weighted by Gasteiger charge is 2.30. The number of hydrogen-bond donors (Lipinski definition) is 1. The van der Waals surface area contributed by atoms with Gasteiger partial charge in [-0.15, -0.1) is 0 Å². The van der Waals surface area contributed by atoms with Gasteiger partial charge in [0, 0.05) is 12.6 Å². The molecular weight excluding hydrogens is 361 g/mol. The number of nitrogens with one attached hydrogen (secondary N) is 1. The Morgan fingerprint density at radius 3 is 2.42 bits per heavy atom. The Kier molecular flexibility index (Phi) is 5.91. The summed E-state index contributed by atoms with van der Waals surface area (Å²) in [6.07, 6.45) is -4.51. The summed E-state index contributed by atoms with van der Waals surface area (Å²) >= 11 is 0. The summed E-state index contributed by atoms with van der Waals surface area (Å²) in [7, 11) is 0. The molecule has 0 bridgehead atoms. The third kappa shape index (κ3) is 5.27. The quantitative estimate of drug-likeness (QED) is 0.645. The molecule has 0 aliphatic heterocycles. The SMILES string of the molecule is O=C(COC(=O)c1ccc(F)cc1F)NCc1cccc(C(F)(F)F)c1. The predicted octanol–water partition coefficient (Wildman–Crippen LogP) is 3.46. The summed E-state index contributed by atoms with van der Waals surface area (Å²) in [6, 6.07) is 6.56. The number of ether oxygens (including phenoxy) is 1. The zero-order valence-electron chi connectivity index (χ0n) is 13.1. The van der Waals surface area contributed by atoms with Crippen molar-refractivity contribution in [1.82, 2.24) is 5.32 Å². The van der Waals surface area contributed by atoms with E-state index in [1.807, 2.05) is 0 Å². The maximum atomic E-state index is 13.4. The molecular formula is C17H12F5NO3. The van der Waals surface area contributed by atoms with Crippen LogP contribution in [-0.4, -0.2) is 18.5 Å². The third-order valence-electron chi connectivity index (χ3n) is 3.23. The fourth-order valence-electron chi connectivity index (χ4n) is 1.97. The molecule has 0 saturated carbocycles. The van der Waals surface area contributed by atoms with E-state index in [9.17, 15) is 31.5 Å². The van der Waals surface area contributed by atoms with Crippen molar-refractivity contribution < 1.29 is 36.3 Å². The lowest BCUT2D eigenvalue weighted by Gasteiger charge is -2.10. The number of hydrogen-bond acceptors (Lipinski definition) is 3. The minimum atomic E-state index is -4.51. The monoisotopic (exact) mass is 373 g/mol. The highest BCUT2D eigenvalue weighted by Crippen LogP contribution is 2.29. The van der Waals surface area contributed by atoms with Crippen LogP contribution in [0.5, 0.6) is 0 Å². The molecule has 0 aromatic heterocycles. The molecule has 0 saturated heterocycles. The van der Waals surface area contributed by atoms with E-state index in [2.05, 4.69) is 10.1 Å². The highest BCUT2D eigenvalue weighted by atomic mass is 19.4. The number of carbonyl (C=O) groups excluding carboxylic acids is 2. The van der Waals surface area contributed by atoms with Crippen LogP contribution in [0.1, 0.15) is 21.5 Å². The van der Waals surface area contributed by atoms with Gasteiger partial charge < -0.3 is 10.1 Å². The molecule has 138 valence electrons. The maximum Gasteiger partial charge on any atom is 0.416 e. The van der Waals surface area contributed by atoms with Crippen LogP contribution in [0.4, 0.5) is 22.0 Å². The number of benzene rings is 2. The highest BCUT2D eigenvalue weighted by molar-refractivity contribution is 5.91. The zero-order chi connectivity index (χ0) is 19.3. The lowest BCUT2D eigenvalue weighted by Crippen LogP contribution is -2.28. The second kappa shape index (κ2) is 7.94. The van der Waals surface area contributed by atoms with Gasteiger partial charge in [0.25, 0.3) is 5.91 Å². The van der Waals surface area contributed by atoms with Crippen LogP contribution in [0.3, 0.4) is 0 Å². The van der Waals surface area contributed by atoms with Crippen molar-refractivity contribution in [2.45, 2.75) is 12.7 Å². The first-order valence-corrected chi connectivity index (χ1v) is 7.22. The van der Waals surface area contributed by atoms with E-state index in [0.717, 1.165) is 24.3 Å². The van der Waals surface area contributed by atoms with Crippen LogP contribution >= 0.6 is 0 Å². The molecule has 0 heterocycles. The zero-order valence-corrected chi connectivity index (χ0v) is 13.1. The second-order valence-corrected chi connectivity index (χ2v) is 5.18. The molecule has 0 radical (unpaired) electrons. The minimum Gasteiger partial charge on any atom is -0.452 e. The van der Waals surface area contributed by atoms with Crippen molar-refractivity contribution in [1.29, 1.82) is 0 Å². The fraction of sp³-hybridized carbons (Fsp3) is 0.176. The van der Waals surface area contributed by atoms with Gasteiger partial charge in [0.05, 0.1) is 11.1 Å². The van der Waals surface area contributed by atoms with Crippen LogP contribution in [0, 0.1) is 11.6 Å². The van der Waals surface area contributed by atoms with Gasteiger partial charge in [0.1, 0.15) is 11.6 Å². The largest absolute Gasteiger partial charge is 0.452 e. The standard InChI is InChI=1S/C17H12F5NO3/c18-12-4-5-13(14(19)7-12)16(25)26-9-15(24)23-8-10-2-1-3-11(6-10)17(20,21)22/h1-7H,8-9H2,(H,23,24). The Morgan fingerprint density at radius 1 is 1.04 bits per heavy atom. The molecule has 0 unspecified atom stereocenters. The second-order valence-electron chi connectivity index (χ2n) is 5.18. The Labute approximate surface area is 144 Å². The van der Waals surface area contributed by atoms with Gasteiger partial charge in [-0.05, 0) is 29.8 Å². The first kappa shape index (κ1) is 19.4. The molecule has 2 aromatic carbocycles. The van der Waals surface area contributed by atoms with E-state index in [1.54, 1.807) is 0 Å². The predicted molar refractivity (Wildman–Crippen MR) is 79.9 cm³/mol. The summed E-state index contributed by atoms with van der Waals surface area (Å²) < 4.78 is 68.5. The third-order valence-corrected chi connectivity index (χ3v) is 3.23. The maximum absolute atomic E-state index is 13.4. The number of esters is 1. The summed E-state index contributed by atoms with van der Waals surface area (Å²) in [4.78, 5) is 23.2. The molecule has 0 aliphatic rings. The van der Waals surface area contributed by atoms with Crippen molar-refractivity contribution in [2.24, 2.45) is 0 Å². The molecule has 26 heavy (non-hydrogen) atoms. The van der Waals surface area contributed by atoms with E-state index in [0.29, 0.717) is 6.07 Å². The van der Waals surface area contributed by atoms with Gasteiger partial charge in [0.15, 0.2) is 6.61 Å². The van der Waals surface area contributed by atoms with Gasteiger partial charge in [-0.1, -0.05) is 12.1 Å². The van der Waals surface area contributed by atoms with Crippen LogP contribution in [0.2, 0.25) is 0 Å². The summed E-state index contributed by atoms with van der Waals surface area (Å²) in [6.45, 7) is -0.986. The summed E-state index contributed by atoms with van der Waals surface area (Å²) in [5, 5.41) is 2.27. The Bertz CT molecular complexity index is 820. The van der Waals surface area contributed by atoms with Crippen molar-refractivity contribution in [3.8, 4) is 0 Å². The van der Waals surface area contributed by atoms with E-state index in [4.69, 9.17) is 0 Å². The number of amides is 1. The molecule has 0 aliphatic carbocycles. The van der Waals surface area contributed by atoms with Gasteiger partial charge in [0.2, 0.25) is 0 Å². The van der Waals surface area contributed by atoms with E-state index >= 15 is 0 Å². The average molecular weight is 373 g/mol. The first-order valence-electron chi connectivity index (χ1n) is 7.22. The van der Waals surface area contributed by atoms with Crippen molar-refractivity contribution in [3.05, 3.63) is 70.8 Å². The Balaban J connectivity index is 1.87. The van der Waals surface area contributed by atoms with E-state index < -0.39 is 47.4 Å². The van der Waals surface area contributed by atoms with Crippen molar-refractivity contribution in [2.75, 3.05) is 6.61 Å². The van der Waals surface area contributed by atoms with Crippen molar-refractivity contribution >= 4 is 11.9 Å². The van der Waals surface area contributed by atoms with Crippen molar-refractivity contribution in [3.63, 3.8) is 0 Å². The van der Waals surface area contributed by atoms with Gasteiger partial charge in [-0.3, -0.25) is 4.79 Å². The number of halogens is 5. The van der Waals surface area contributed by atoms with Gasteiger partial charge in [-0.25, -0.2) is 13.6 Å². The van der Waals surface area contributed by atoms with E-state index in [-0.39, 0.29) is 12.1 Å². The topological polar surface area (TPSA) is 55.4 Å². The molecule has 1 amide bonds. The van der Waals surface area contributed by atoms with Gasteiger partial charge >= 0.3 is 12.1 Å². The molecule has 2 rings (SSSR count). The van der Waals surface area contributed by atoms with Crippen LogP contribution in [0.25, 0.3) is 0 Å². The first-order chi connectivity index (χ1) is 12.2. The normalized spacial score (nSPS) is 11.1. The Hall–Kier alpha value is -2.97. The minimum absolute atomic E-state index is 0.198. The molecule has 2 aromatic rings. The number of alkyl halides is 3. The molecule has 0 atom stereocenters. The molecule has 4 nitrogen and oxygen atoms in total. The van der Waals surface area contributed by atoms with Crippen LogP contribution in [0.15, 0.2) is 42.5 Å². The lowest BCUT2D eigenvalue weighted by molar-refractivity contribution is -0.137. The number of rotatable bonds is 5. The van der Waals surface area contributed by atoms with E-state index in [1.165, 1.54) is 12.1 Å². The summed E-state index contributed by atoms with van der Waals surface area (Å²) in [5.41, 5.74) is -1.20. The molecule has 0 spiro atoms. The molecule has 1 N–H and O–H groups in total. The smallest absolute Gasteiger partial charge is 0.416 e. The molecule has 0 fully saturated rings. The van der Waals surface area contributed by atoms with Crippen LogP contribution in [-0.2, 0) is 22.3 Å². The Morgan fingerprint density at radius 2 is 1.77 bits per heavy atom. The van der Waals surface area contributed by atoms with Gasteiger partial charge in [-0.2, -0.15) is 13.2 Å². The fourth-order valence-corrected chi connectivity index (χ4v) is 1.97. The lowest BCUT2D eigenvalue weighted by atomic mass is 10.1. The number of carbonyl (C=O) groups is 2. The van der Waals surface area contributed by atoms with Crippen LogP contribution < -0.4 is 5.32 Å².